The fourth-order valence-electron chi connectivity index (χ4n) is 2.78. The van der Waals surface area contributed by atoms with Crippen LogP contribution in [-0.2, 0) is 4.74 Å². The second-order valence-electron chi connectivity index (χ2n) is 8.08. The lowest BCUT2D eigenvalue weighted by Crippen LogP contribution is -2.84. The number of hydrogen-bond acceptors (Lipinski definition) is 1. The van der Waals surface area contributed by atoms with Gasteiger partial charge in [0.25, 0.3) is 5.67 Å². The predicted octanol–water partition coefficient (Wildman–Crippen LogP) is 6.37. The minimum atomic E-state index is -6.33. The molecule has 1 aliphatic rings. The highest BCUT2D eigenvalue weighted by Gasteiger charge is 2.97. The summed E-state index contributed by atoms with van der Waals surface area (Å²) in [6.45, 7) is 3.11. The van der Waals surface area contributed by atoms with Crippen molar-refractivity contribution < 1.29 is 48.6 Å². The van der Waals surface area contributed by atoms with E-state index in [1.54, 1.807) is 0 Å². The van der Waals surface area contributed by atoms with E-state index < -0.39 is 52.7 Å². The molecule has 156 valence electrons. The molecule has 0 aromatic rings. The molecule has 1 nitrogen and oxygen atoms in total. The maximum atomic E-state index is 15.0. The van der Waals surface area contributed by atoms with Gasteiger partial charge in [-0.3, -0.25) is 4.74 Å². The zero-order valence-corrected chi connectivity index (χ0v) is 14.9. The van der Waals surface area contributed by atoms with Gasteiger partial charge in [0.1, 0.15) is 0 Å². The molecule has 2 atom stereocenters. The van der Waals surface area contributed by atoms with Crippen LogP contribution in [0.5, 0.6) is 0 Å². The van der Waals surface area contributed by atoms with E-state index in [0.717, 1.165) is 6.92 Å². The van der Waals surface area contributed by atoms with Crippen molar-refractivity contribution in [3.8, 4) is 0 Å². The highest BCUT2D eigenvalue weighted by Crippen LogP contribution is 2.71. The van der Waals surface area contributed by atoms with Gasteiger partial charge in [-0.2, -0.15) is 39.5 Å². The SMILES string of the molecule is CCC(C)(C)C(F)(F)C1(F)OC(F)(F)C(F)(F)C(F)(C(C)(C)C)C1(F)F. The van der Waals surface area contributed by atoms with Crippen LogP contribution in [0.2, 0.25) is 0 Å². The monoisotopic (exact) mass is 406 g/mol. The van der Waals surface area contributed by atoms with Crippen LogP contribution in [0.4, 0.5) is 43.9 Å². The van der Waals surface area contributed by atoms with E-state index >= 15 is 4.39 Å². The van der Waals surface area contributed by atoms with Crippen molar-refractivity contribution >= 4 is 0 Å². The van der Waals surface area contributed by atoms with Crippen molar-refractivity contribution in [1.82, 2.24) is 0 Å². The standard InChI is InChI=1S/C15H20F10O/c1-7-9(5,6)11(17,18)14(23)12(19,20)10(16,8(2,3)4)13(21,22)15(24,25)26-14/h7H2,1-6H3. The van der Waals surface area contributed by atoms with Crippen LogP contribution in [0.3, 0.4) is 0 Å². The molecule has 0 amide bonds. The Labute approximate surface area is 144 Å². The molecule has 1 heterocycles. The molecule has 0 N–H and O–H groups in total. The molecular formula is C15H20F10O. The molecule has 1 fully saturated rings. The van der Waals surface area contributed by atoms with Crippen LogP contribution in [0.25, 0.3) is 0 Å². The summed E-state index contributed by atoms with van der Waals surface area (Å²) >= 11 is 0. The second kappa shape index (κ2) is 5.41. The number of hydrogen-bond donors (Lipinski definition) is 0. The van der Waals surface area contributed by atoms with Gasteiger partial charge in [0.05, 0.1) is 0 Å². The van der Waals surface area contributed by atoms with Crippen LogP contribution < -0.4 is 0 Å². The normalized spacial score (nSPS) is 34.6. The minimum Gasteiger partial charge on any atom is -0.267 e. The van der Waals surface area contributed by atoms with Gasteiger partial charge in [0.15, 0.2) is 0 Å². The largest absolute Gasteiger partial charge is 0.426 e. The fourth-order valence-corrected chi connectivity index (χ4v) is 2.78. The molecule has 1 saturated heterocycles. The van der Waals surface area contributed by atoms with Gasteiger partial charge < -0.3 is 0 Å². The molecule has 11 heteroatoms. The Balaban J connectivity index is 3.96. The molecule has 0 spiro atoms. The fraction of sp³-hybridized carbons (Fsp3) is 1.00. The Kier molecular flexibility index (Phi) is 4.85. The van der Waals surface area contributed by atoms with Crippen LogP contribution in [-0.4, -0.2) is 35.4 Å². The van der Waals surface area contributed by atoms with Gasteiger partial charge in [-0.05, 0) is 6.42 Å². The quantitative estimate of drug-likeness (QED) is 0.495. The molecule has 0 bridgehead atoms. The Morgan fingerprint density at radius 2 is 1.12 bits per heavy atom. The van der Waals surface area contributed by atoms with E-state index in [1.807, 2.05) is 0 Å². The molecule has 1 rings (SSSR count). The second-order valence-corrected chi connectivity index (χ2v) is 8.08. The van der Waals surface area contributed by atoms with Crippen LogP contribution in [0, 0.1) is 10.8 Å². The zero-order valence-electron chi connectivity index (χ0n) is 14.9. The third-order valence-electron chi connectivity index (χ3n) is 5.07. The predicted molar refractivity (Wildman–Crippen MR) is 72.1 cm³/mol. The molecule has 0 radical (unpaired) electrons. The first-order chi connectivity index (χ1) is 11.0. The summed E-state index contributed by atoms with van der Waals surface area (Å²) in [5.41, 5.74) is -11.5. The van der Waals surface area contributed by atoms with Gasteiger partial charge in [0, 0.05) is 10.8 Å². The smallest absolute Gasteiger partial charge is 0.267 e. The summed E-state index contributed by atoms with van der Waals surface area (Å²) in [6, 6.07) is 0. The van der Waals surface area contributed by atoms with E-state index in [-0.39, 0.29) is 0 Å². The van der Waals surface area contributed by atoms with Gasteiger partial charge in [-0.15, -0.1) is 0 Å². The Bertz CT molecular complexity index is 565. The summed E-state index contributed by atoms with van der Waals surface area (Å²) in [6.07, 6.45) is -7.00. The van der Waals surface area contributed by atoms with Crippen molar-refractivity contribution in [3.63, 3.8) is 0 Å². The summed E-state index contributed by atoms with van der Waals surface area (Å²) in [5.74, 6) is -24.1. The molecule has 0 saturated carbocycles. The maximum absolute atomic E-state index is 15.0. The lowest BCUT2D eigenvalue weighted by Gasteiger charge is -2.58. The van der Waals surface area contributed by atoms with Gasteiger partial charge in [-0.1, -0.05) is 41.5 Å². The number of halogens is 10. The average Bonchev–Trinajstić information content (AvgIpc) is 2.42. The summed E-state index contributed by atoms with van der Waals surface area (Å²) < 4.78 is 147. The molecule has 0 aliphatic carbocycles. The Hall–Kier alpha value is -0.740. The maximum Gasteiger partial charge on any atom is 0.426 e. The zero-order chi connectivity index (χ0) is 21.4. The van der Waals surface area contributed by atoms with Crippen molar-refractivity contribution in [2.75, 3.05) is 0 Å². The first-order valence-corrected chi connectivity index (χ1v) is 7.61. The third kappa shape index (κ3) is 2.27. The summed E-state index contributed by atoms with van der Waals surface area (Å²) in [7, 11) is 0. The van der Waals surface area contributed by atoms with E-state index in [2.05, 4.69) is 4.74 Å². The molecule has 0 aromatic carbocycles. The summed E-state index contributed by atoms with van der Waals surface area (Å²) in [4.78, 5) is 0. The Morgan fingerprint density at radius 3 is 1.42 bits per heavy atom. The average molecular weight is 406 g/mol. The lowest BCUT2D eigenvalue weighted by molar-refractivity contribution is -0.555. The van der Waals surface area contributed by atoms with Crippen molar-refractivity contribution in [2.45, 2.75) is 83.4 Å². The van der Waals surface area contributed by atoms with E-state index in [1.165, 1.54) is 0 Å². The minimum absolute atomic E-state index is 0.347. The van der Waals surface area contributed by atoms with Crippen LogP contribution in [0.1, 0.15) is 48.0 Å². The summed E-state index contributed by atoms with van der Waals surface area (Å²) in [5, 5.41) is 0. The van der Waals surface area contributed by atoms with E-state index in [9.17, 15) is 39.5 Å². The first kappa shape index (κ1) is 23.3. The van der Waals surface area contributed by atoms with Gasteiger partial charge >= 0.3 is 29.7 Å². The molecule has 1 aliphatic heterocycles. The van der Waals surface area contributed by atoms with Crippen LogP contribution >= 0.6 is 0 Å². The van der Waals surface area contributed by atoms with Gasteiger partial charge in [-0.25, -0.2) is 4.39 Å². The molecule has 26 heavy (non-hydrogen) atoms. The Morgan fingerprint density at radius 1 is 0.731 bits per heavy atom. The molecular weight excluding hydrogens is 386 g/mol. The van der Waals surface area contributed by atoms with Gasteiger partial charge in [0.2, 0.25) is 0 Å². The topological polar surface area (TPSA) is 9.23 Å². The van der Waals surface area contributed by atoms with E-state index in [0.29, 0.717) is 34.6 Å². The van der Waals surface area contributed by atoms with Crippen LogP contribution in [0.15, 0.2) is 0 Å². The van der Waals surface area contributed by atoms with Crippen molar-refractivity contribution in [3.05, 3.63) is 0 Å². The van der Waals surface area contributed by atoms with Crippen molar-refractivity contribution in [1.29, 1.82) is 0 Å². The number of ether oxygens (including phenoxy) is 1. The first-order valence-electron chi connectivity index (χ1n) is 7.61. The van der Waals surface area contributed by atoms with E-state index in [4.69, 9.17) is 0 Å². The number of rotatable bonds is 3. The highest BCUT2D eigenvalue weighted by atomic mass is 19.3. The molecule has 2 unspecified atom stereocenters. The molecule has 0 aromatic heterocycles. The number of alkyl halides is 10. The van der Waals surface area contributed by atoms with Crippen molar-refractivity contribution in [2.24, 2.45) is 10.8 Å². The lowest BCUT2D eigenvalue weighted by atomic mass is 9.63. The third-order valence-corrected chi connectivity index (χ3v) is 5.07. The highest BCUT2D eigenvalue weighted by molar-refractivity contribution is 5.24.